The van der Waals surface area contributed by atoms with Crippen LogP contribution in [0.4, 0.5) is 0 Å². The largest absolute Gasteiger partial charge is 0.468 e. The smallest absolute Gasteiger partial charge is 0.320 e. The highest BCUT2D eigenvalue weighted by Crippen LogP contribution is 2.14. The molecule has 0 amide bonds. The molecule has 0 N–H and O–H groups in total. The maximum Gasteiger partial charge on any atom is 0.320 e. The first-order valence-electron chi connectivity index (χ1n) is 5.18. The third kappa shape index (κ3) is 5.19. The number of halogens is 2. The van der Waals surface area contributed by atoms with E-state index < -0.39 is 0 Å². The molecule has 1 rings (SSSR count). The molecular weight excluding hydrogens is 350 g/mol. The molecule has 0 aliphatic rings. The summed E-state index contributed by atoms with van der Waals surface area (Å²) < 4.78 is 5.72. The van der Waals surface area contributed by atoms with Gasteiger partial charge in [-0.25, -0.2) is 0 Å². The Morgan fingerprint density at radius 3 is 2.82 bits per heavy atom. The number of nitrogens with zero attached hydrogens (tertiary/aromatic N) is 1. The second-order valence-corrected chi connectivity index (χ2v) is 5.84. The summed E-state index contributed by atoms with van der Waals surface area (Å²) in [6.45, 7) is 1.40. The molecule has 94 valence electrons. The molecule has 0 heterocycles. The topological polar surface area (TPSA) is 29.5 Å². The first-order valence-corrected chi connectivity index (χ1v) is 6.88. The quantitative estimate of drug-likeness (QED) is 0.594. The van der Waals surface area contributed by atoms with E-state index in [0.717, 1.165) is 11.0 Å². The second kappa shape index (κ2) is 7.13. The molecule has 0 spiro atoms. The van der Waals surface area contributed by atoms with Crippen LogP contribution in [0, 0.1) is 0 Å². The highest BCUT2D eigenvalue weighted by Gasteiger charge is 2.17. The van der Waals surface area contributed by atoms with Crippen LogP contribution in [0.5, 0.6) is 0 Å². The van der Waals surface area contributed by atoms with Crippen molar-refractivity contribution < 1.29 is 9.53 Å². The van der Waals surface area contributed by atoms with E-state index >= 15 is 0 Å². The zero-order chi connectivity index (χ0) is 12.8. The molecule has 0 saturated carbocycles. The van der Waals surface area contributed by atoms with Gasteiger partial charge in [0.05, 0.1) is 7.11 Å². The van der Waals surface area contributed by atoms with Gasteiger partial charge >= 0.3 is 5.97 Å². The average molecular weight is 365 g/mol. The number of methoxy groups -OCH3 is 1. The number of carbonyl (C=O) groups is 1. The lowest BCUT2D eigenvalue weighted by Crippen LogP contribution is -2.31. The minimum Gasteiger partial charge on any atom is -0.468 e. The fourth-order valence-electron chi connectivity index (χ4n) is 1.49. The molecule has 0 aliphatic carbocycles. The van der Waals surface area contributed by atoms with Gasteiger partial charge in [-0.15, -0.1) is 0 Å². The fourth-order valence-corrected chi connectivity index (χ4v) is 2.62. The average Bonchev–Trinajstić information content (AvgIpc) is 2.27. The number of rotatable bonds is 5. The third-order valence-corrected chi connectivity index (χ3v) is 3.43. The van der Waals surface area contributed by atoms with Crippen LogP contribution in [0.3, 0.4) is 0 Å². The minimum atomic E-state index is -0.287. The first kappa shape index (κ1) is 14.7. The van der Waals surface area contributed by atoms with Crippen LogP contribution in [-0.4, -0.2) is 36.4 Å². The molecule has 1 aromatic rings. The highest BCUT2D eigenvalue weighted by atomic mass is 79.9. The van der Waals surface area contributed by atoms with Gasteiger partial charge in [0.25, 0.3) is 0 Å². The predicted molar refractivity (Wildman–Crippen MR) is 75.2 cm³/mol. The standard InChI is InChI=1S/C12H15Br2NO2/c1-15(8-11(14)12(16)17-2)7-9-4-3-5-10(13)6-9/h3-6,11H,7-8H2,1-2H3. The van der Waals surface area contributed by atoms with E-state index in [1.165, 1.54) is 12.7 Å². The first-order chi connectivity index (χ1) is 8.02. The van der Waals surface area contributed by atoms with Crippen LogP contribution in [0.2, 0.25) is 0 Å². The summed E-state index contributed by atoms with van der Waals surface area (Å²) in [5.41, 5.74) is 1.20. The van der Waals surface area contributed by atoms with Crippen LogP contribution in [-0.2, 0) is 16.1 Å². The van der Waals surface area contributed by atoms with Crippen molar-refractivity contribution in [1.82, 2.24) is 4.90 Å². The summed E-state index contributed by atoms with van der Waals surface area (Å²) in [7, 11) is 3.36. The van der Waals surface area contributed by atoms with Crippen molar-refractivity contribution in [2.24, 2.45) is 0 Å². The van der Waals surface area contributed by atoms with Gasteiger partial charge in [-0.2, -0.15) is 0 Å². The van der Waals surface area contributed by atoms with E-state index in [0.29, 0.717) is 6.54 Å². The van der Waals surface area contributed by atoms with Crippen molar-refractivity contribution in [2.75, 3.05) is 20.7 Å². The second-order valence-electron chi connectivity index (χ2n) is 3.82. The lowest BCUT2D eigenvalue weighted by atomic mass is 10.2. The Morgan fingerprint density at radius 2 is 2.24 bits per heavy atom. The van der Waals surface area contributed by atoms with E-state index in [4.69, 9.17) is 0 Å². The number of carbonyl (C=O) groups excluding carboxylic acids is 1. The van der Waals surface area contributed by atoms with Gasteiger partial charge in [0.1, 0.15) is 4.83 Å². The molecule has 0 bridgehead atoms. The van der Waals surface area contributed by atoms with E-state index in [2.05, 4.69) is 53.6 Å². The number of benzene rings is 1. The molecule has 1 aromatic carbocycles. The summed E-state index contributed by atoms with van der Waals surface area (Å²) in [5.74, 6) is -0.244. The van der Waals surface area contributed by atoms with Gasteiger partial charge in [-0.05, 0) is 24.7 Å². The van der Waals surface area contributed by atoms with Crippen molar-refractivity contribution in [3.63, 3.8) is 0 Å². The predicted octanol–water partition coefficient (Wildman–Crippen LogP) is 2.82. The molecular formula is C12H15Br2NO2. The van der Waals surface area contributed by atoms with Gasteiger partial charge in [0, 0.05) is 17.6 Å². The molecule has 0 aliphatic heterocycles. The van der Waals surface area contributed by atoms with E-state index in [1.807, 2.05) is 19.2 Å². The van der Waals surface area contributed by atoms with Gasteiger partial charge in [0.2, 0.25) is 0 Å². The Morgan fingerprint density at radius 1 is 1.53 bits per heavy atom. The van der Waals surface area contributed by atoms with Gasteiger partial charge < -0.3 is 9.64 Å². The molecule has 1 unspecified atom stereocenters. The van der Waals surface area contributed by atoms with E-state index in [1.54, 1.807) is 0 Å². The summed E-state index contributed by atoms with van der Waals surface area (Å²) in [6.07, 6.45) is 0. The summed E-state index contributed by atoms with van der Waals surface area (Å²) in [4.78, 5) is 13.0. The van der Waals surface area contributed by atoms with Crippen LogP contribution >= 0.6 is 31.9 Å². The van der Waals surface area contributed by atoms with Crippen molar-refractivity contribution in [1.29, 1.82) is 0 Å². The third-order valence-electron chi connectivity index (χ3n) is 2.27. The Labute approximate surface area is 118 Å². The minimum absolute atomic E-state index is 0.244. The molecule has 0 radical (unpaired) electrons. The molecule has 5 heteroatoms. The maximum atomic E-state index is 11.3. The zero-order valence-electron chi connectivity index (χ0n) is 9.82. The van der Waals surface area contributed by atoms with E-state index in [9.17, 15) is 4.79 Å². The summed E-state index contributed by atoms with van der Waals surface area (Å²) in [6, 6.07) is 8.12. The number of ether oxygens (including phenoxy) is 1. The lowest BCUT2D eigenvalue weighted by molar-refractivity contribution is -0.140. The van der Waals surface area contributed by atoms with Crippen LogP contribution in [0.15, 0.2) is 28.7 Å². The number of alkyl halides is 1. The summed E-state index contributed by atoms with van der Waals surface area (Å²) >= 11 is 6.74. The van der Waals surface area contributed by atoms with Crippen LogP contribution in [0.1, 0.15) is 5.56 Å². The Hall–Kier alpha value is -0.390. The molecule has 3 nitrogen and oxygen atoms in total. The van der Waals surface area contributed by atoms with E-state index in [-0.39, 0.29) is 10.8 Å². The van der Waals surface area contributed by atoms with Crippen LogP contribution < -0.4 is 0 Å². The normalized spacial score (nSPS) is 12.5. The monoisotopic (exact) mass is 363 g/mol. The lowest BCUT2D eigenvalue weighted by Gasteiger charge is -2.19. The van der Waals surface area contributed by atoms with Crippen molar-refractivity contribution in [3.8, 4) is 0 Å². The van der Waals surface area contributed by atoms with Crippen molar-refractivity contribution >= 4 is 37.8 Å². The Balaban J connectivity index is 2.49. The molecule has 0 saturated heterocycles. The van der Waals surface area contributed by atoms with Gasteiger partial charge in [-0.3, -0.25) is 4.79 Å². The number of esters is 1. The Bertz CT molecular complexity index is 385. The Kier molecular flexibility index (Phi) is 6.16. The van der Waals surface area contributed by atoms with Crippen molar-refractivity contribution in [2.45, 2.75) is 11.4 Å². The van der Waals surface area contributed by atoms with Crippen LogP contribution in [0.25, 0.3) is 0 Å². The molecule has 17 heavy (non-hydrogen) atoms. The summed E-state index contributed by atoms with van der Waals surface area (Å²) in [5, 5.41) is 0. The van der Waals surface area contributed by atoms with Crippen molar-refractivity contribution in [3.05, 3.63) is 34.3 Å². The van der Waals surface area contributed by atoms with Gasteiger partial charge in [-0.1, -0.05) is 44.0 Å². The fraction of sp³-hybridized carbons (Fsp3) is 0.417. The molecule has 0 fully saturated rings. The SMILES string of the molecule is COC(=O)C(Br)CN(C)Cc1cccc(Br)c1. The molecule has 0 aromatic heterocycles. The molecule has 1 atom stereocenters. The highest BCUT2D eigenvalue weighted by molar-refractivity contribution is 9.10. The zero-order valence-corrected chi connectivity index (χ0v) is 13.0. The number of hydrogen-bond donors (Lipinski definition) is 0. The maximum absolute atomic E-state index is 11.3. The van der Waals surface area contributed by atoms with Gasteiger partial charge in [0.15, 0.2) is 0 Å². The number of hydrogen-bond acceptors (Lipinski definition) is 3.